The number of anilines is 1. The van der Waals surface area contributed by atoms with E-state index in [-0.39, 0.29) is 11.8 Å². The third-order valence-electron chi connectivity index (χ3n) is 4.56. The molecule has 0 fully saturated rings. The van der Waals surface area contributed by atoms with Crippen LogP contribution in [0, 0.1) is 5.92 Å². The normalized spacial score (nSPS) is 17.1. The summed E-state index contributed by atoms with van der Waals surface area (Å²) in [5.74, 6) is 0.183. The lowest BCUT2D eigenvalue weighted by Crippen LogP contribution is -2.37. The zero-order valence-corrected chi connectivity index (χ0v) is 13.8. The summed E-state index contributed by atoms with van der Waals surface area (Å²) in [4.78, 5) is 14.4. The largest absolute Gasteiger partial charge is 0.315 e. The highest BCUT2D eigenvalue weighted by Gasteiger charge is 2.34. The Labute approximate surface area is 134 Å². The summed E-state index contributed by atoms with van der Waals surface area (Å²) in [5, 5.41) is 0. The van der Waals surface area contributed by atoms with E-state index in [0.29, 0.717) is 0 Å². The molecule has 2 nitrogen and oxygen atoms in total. The van der Waals surface area contributed by atoms with Crippen LogP contribution in [-0.4, -0.2) is 13.0 Å². The maximum absolute atomic E-state index is 12.7. The Balaban J connectivity index is 1.97. The summed E-state index contributed by atoms with van der Waals surface area (Å²) >= 11 is 0. The Kier molecular flexibility index (Phi) is 6.00. The second-order valence-electron chi connectivity index (χ2n) is 6.06. The van der Waals surface area contributed by atoms with Gasteiger partial charge in [-0.3, -0.25) is 4.79 Å². The minimum Gasteiger partial charge on any atom is -0.315 e. The van der Waals surface area contributed by atoms with Crippen molar-refractivity contribution in [2.24, 2.45) is 5.92 Å². The first kappa shape index (κ1) is 16.5. The van der Waals surface area contributed by atoms with Gasteiger partial charge >= 0.3 is 0 Å². The molecule has 1 amide bonds. The highest BCUT2D eigenvalue weighted by atomic mass is 16.2. The standard InChI is InChI=1S/C20H27NO/c1-4-6-7-9-12-16-15-19(18(16)5-2)20(22)21(3)17-13-10-8-11-14-17/h5,8,10-11,13-14,19H,2,4,6-7,9,12,15H2,1,3H3. The smallest absolute Gasteiger partial charge is 0.234 e. The lowest BCUT2D eigenvalue weighted by Gasteiger charge is -2.34. The fraction of sp³-hybridized carbons (Fsp3) is 0.450. The van der Waals surface area contributed by atoms with Gasteiger partial charge in [0.25, 0.3) is 0 Å². The van der Waals surface area contributed by atoms with Gasteiger partial charge in [0.05, 0.1) is 5.92 Å². The fourth-order valence-corrected chi connectivity index (χ4v) is 3.12. The molecular weight excluding hydrogens is 270 g/mol. The van der Waals surface area contributed by atoms with Crippen LogP contribution in [0.1, 0.15) is 45.4 Å². The van der Waals surface area contributed by atoms with Gasteiger partial charge in [-0.15, -0.1) is 0 Å². The maximum Gasteiger partial charge on any atom is 0.234 e. The first-order valence-corrected chi connectivity index (χ1v) is 8.36. The number of rotatable bonds is 8. The second kappa shape index (κ2) is 7.98. The molecule has 1 aromatic rings. The zero-order valence-electron chi connectivity index (χ0n) is 13.8. The quantitative estimate of drug-likeness (QED) is 0.610. The molecule has 0 bridgehead atoms. The molecule has 1 aliphatic rings. The molecule has 0 saturated heterocycles. The molecule has 2 heteroatoms. The molecule has 0 N–H and O–H groups in total. The van der Waals surface area contributed by atoms with E-state index < -0.39 is 0 Å². The first-order chi connectivity index (χ1) is 10.7. The van der Waals surface area contributed by atoms with Crippen LogP contribution in [0.2, 0.25) is 0 Å². The maximum atomic E-state index is 12.7. The van der Waals surface area contributed by atoms with Gasteiger partial charge in [-0.1, -0.05) is 62.6 Å². The molecule has 22 heavy (non-hydrogen) atoms. The van der Waals surface area contributed by atoms with Gasteiger partial charge in [-0.25, -0.2) is 0 Å². The van der Waals surface area contributed by atoms with Gasteiger partial charge in [0.2, 0.25) is 5.91 Å². The summed E-state index contributed by atoms with van der Waals surface area (Å²) in [5.41, 5.74) is 3.56. The molecule has 1 atom stereocenters. The number of carbonyl (C=O) groups excluding carboxylic acids is 1. The second-order valence-corrected chi connectivity index (χ2v) is 6.06. The lowest BCUT2D eigenvalue weighted by atomic mass is 9.74. The molecular formula is C20H27NO. The highest BCUT2D eigenvalue weighted by molar-refractivity contribution is 5.98. The van der Waals surface area contributed by atoms with E-state index in [4.69, 9.17) is 0 Å². The number of nitrogens with zero attached hydrogens (tertiary/aromatic N) is 1. The van der Waals surface area contributed by atoms with Crippen LogP contribution >= 0.6 is 0 Å². The number of allylic oxidation sites excluding steroid dienone is 2. The number of unbranched alkanes of at least 4 members (excludes halogenated alkanes) is 3. The van der Waals surface area contributed by atoms with E-state index in [1.165, 1.54) is 36.8 Å². The Bertz CT molecular complexity index is 544. The molecule has 0 heterocycles. The minimum absolute atomic E-state index is 0.00359. The molecule has 0 radical (unpaired) electrons. The van der Waals surface area contributed by atoms with E-state index >= 15 is 0 Å². The molecule has 0 spiro atoms. The van der Waals surface area contributed by atoms with Crippen LogP contribution in [0.15, 0.2) is 54.1 Å². The van der Waals surface area contributed by atoms with Gasteiger partial charge in [0.1, 0.15) is 0 Å². The van der Waals surface area contributed by atoms with Crippen molar-refractivity contribution < 1.29 is 4.79 Å². The van der Waals surface area contributed by atoms with Crippen LogP contribution in [0.3, 0.4) is 0 Å². The third-order valence-corrected chi connectivity index (χ3v) is 4.56. The number of amides is 1. The summed E-state index contributed by atoms with van der Waals surface area (Å²) in [6.45, 7) is 6.14. The van der Waals surface area contributed by atoms with Crippen molar-refractivity contribution in [3.63, 3.8) is 0 Å². The average Bonchev–Trinajstić information content (AvgIpc) is 2.53. The van der Waals surface area contributed by atoms with Crippen LogP contribution in [0.5, 0.6) is 0 Å². The summed E-state index contributed by atoms with van der Waals surface area (Å²) in [7, 11) is 1.86. The zero-order chi connectivity index (χ0) is 15.9. The fourth-order valence-electron chi connectivity index (χ4n) is 3.12. The van der Waals surface area contributed by atoms with E-state index in [1.807, 2.05) is 43.5 Å². The average molecular weight is 297 g/mol. The summed E-state index contributed by atoms with van der Waals surface area (Å²) < 4.78 is 0. The van der Waals surface area contributed by atoms with Crippen LogP contribution in [-0.2, 0) is 4.79 Å². The monoisotopic (exact) mass is 297 g/mol. The van der Waals surface area contributed by atoms with E-state index in [0.717, 1.165) is 18.5 Å². The molecule has 1 unspecified atom stereocenters. The van der Waals surface area contributed by atoms with Crippen LogP contribution in [0.4, 0.5) is 5.69 Å². The van der Waals surface area contributed by atoms with Gasteiger partial charge in [-0.2, -0.15) is 0 Å². The van der Waals surface area contributed by atoms with E-state index in [1.54, 1.807) is 4.90 Å². The molecule has 118 valence electrons. The predicted molar refractivity (Wildman–Crippen MR) is 93.9 cm³/mol. The Morgan fingerprint density at radius 2 is 2.00 bits per heavy atom. The Hall–Kier alpha value is -1.83. The molecule has 2 rings (SSSR count). The lowest BCUT2D eigenvalue weighted by molar-refractivity contribution is -0.121. The number of hydrogen-bond donors (Lipinski definition) is 0. The summed E-state index contributed by atoms with van der Waals surface area (Å²) in [6, 6.07) is 9.83. The molecule has 1 aromatic carbocycles. The number of hydrogen-bond acceptors (Lipinski definition) is 1. The molecule has 0 aromatic heterocycles. The van der Waals surface area contributed by atoms with Crippen molar-refractivity contribution >= 4 is 11.6 Å². The van der Waals surface area contributed by atoms with Crippen molar-refractivity contribution in [3.05, 3.63) is 54.1 Å². The highest BCUT2D eigenvalue weighted by Crippen LogP contribution is 2.40. The van der Waals surface area contributed by atoms with Gasteiger partial charge in [0, 0.05) is 12.7 Å². The van der Waals surface area contributed by atoms with Crippen molar-refractivity contribution in [2.75, 3.05) is 11.9 Å². The SMILES string of the molecule is C=CC1=C(CCCCCC)CC1C(=O)N(C)c1ccccc1. The molecule has 1 aliphatic carbocycles. The van der Waals surface area contributed by atoms with Crippen molar-refractivity contribution in [3.8, 4) is 0 Å². The number of benzene rings is 1. The molecule has 0 aliphatic heterocycles. The topological polar surface area (TPSA) is 20.3 Å². The van der Waals surface area contributed by atoms with Crippen LogP contribution in [0.25, 0.3) is 0 Å². The van der Waals surface area contributed by atoms with Gasteiger partial charge < -0.3 is 4.90 Å². The predicted octanol–water partition coefficient (Wildman–Crippen LogP) is 5.12. The van der Waals surface area contributed by atoms with Crippen molar-refractivity contribution in [2.45, 2.75) is 45.4 Å². The van der Waals surface area contributed by atoms with Crippen LogP contribution < -0.4 is 4.90 Å². The van der Waals surface area contributed by atoms with Gasteiger partial charge in [0.15, 0.2) is 0 Å². The van der Waals surface area contributed by atoms with E-state index in [9.17, 15) is 4.79 Å². The number of carbonyl (C=O) groups is 1. The Morgan fingerprint density at radius 3 is 2.64 bits per heavy atom. The number of para-hydroxylation sites is 1. The first-order valence-electron chi connectivity index (χ1n) is 8.36. The summed E-state index contributed by atoms with van der Waals surface area (Å²) in [6.07, 6.45) is 9.00. The van der Waals surface area contributed by atoms with Gasteiger partial charge in [-0.05, 0) is 37.0 Å². The third kappa shape index (κ3) is 3.68. The van der Waals surface area contributed by atoms with E-state index in [2.05, 4.69) is 13.5 Å². The molecule has 0 saturated carbocycles. The van der Waals surface area contributed by atoms with Crippen molar-refractivity contribution in [1.82, 2.24) is 0 Å². The minimum atomic E-state index is 0.00359. The Morgan fingerprint density at radius 1 is 1.27 bits per heavy atom. The van der Waals surface area contributed by atoms with Crippen molar-refractivity contribution in [1.29, 1.82) is 0 Å².